The third-order valence-electron chi connectivity index (χ3n) is 12.0. The summed E-state index contributed by atoms with van der Waals surface area (Å²) in [6, 6.07) is 28.0. The fraction of sp³-hybridized carbons (Fsp3) is 0.349. The molecule has 3 aliphatic heterocycles. The number of piperidine rings is 2. The number of aromatic amines is 1. The monoisotopic (exact) mass is 826 g/mol. The molecule has 0 unspecified atom stereocenters. The zero-order valence-corrected chi connectivity index (χ0v) is 33.2. The van der Waals surface area contributed by atoms with Crippen LogP contribution in [0.1, 0.15) is 80.6 Å². The van der Waals surface area contributed by atoms with E-state index in [1.54, 1.807) is 21.9 Å². The predicted octanol–water partition coefficient (Wildman–Crippen LogP) is 5.47. The van der Waals surface area contributed by atoms with Crippen molar-refractivity contribution in [3.05, 3.63) is 131 Å². The lowest BCUT2D eigenvalue weighted by Gasteiger charge is -2.32. The zero-order chi connectivity index (χ0) is 41.5. The summed E-state index contributed by atoms with van der Waals surface area (Å²) in [5, 5.41) is 0.629. The molecule has 4 heterocycles. The van der Waals surface area contributed by atoms with Crippen molar-refractivity contribution in [2.45, 2.75) is 67.8 Å². The van der Waals surface area contributed by atoms with Crippen LogP contribution in [0.25, 0.3) is 10.9 Å². The van der Waals surface area contributed by atoms with E-state index in [4.69, 9.17) is 16.1 Å². The number of H-pyrrole nitrogens is 1. The smallest absolute Gasteiger partial charge is 0.404 e. The second kappa shape index (κ2) is 16.6. The molecule has 3 saturated heterocycles. The number of amides is 2. The first-order chi connectivity index (χ1) is 28.3. The van der Waals surface area contributed by atoms with Gasteiger partial charge in [0.25, 0.3) is 11.8 Å². The normalized spacial score (nSPS) is 18.9. The number of hydrogen-bond donors (Lipinski definition) is 3. The highest BCUT2D eigenvalue weighted by molar-refractivity contribution is 7.90. The van der Waals surface area contributed by atoms with Crippen molar-refractivity contribution in [1.82, 2.24) is 19.0 Å². The van der Waals surface area contributed by atoms with Crippen molar-refractivity contribution in [3.8, 4) is 0 Å². The Bertz CT molecular complexity index is 2470. The number of nitrogens with two attached hydrogens (primary N) is 2. The Hall–Kier alpha value is -5.00. The lowest BCUT2D eigenvalue weighted by Crippen LogP contribution is -2.48. The van der Waals surface area contributed by atoms with Gasteiger partial charge in [0.15, 0.2) is 6.10 Å². The Morgan fingerprint density at radius 1 is 0.746 bits per heavy atom. The van der Waals surface area contributed by atoms with E-state index in [1.807, 2.05) is 24.3 Å². The number of fused-ring (bicyclic) bond motifs is 1. The van der Waals surface area contributed by atoms with Crippen LogP contribution in [0.2, 0.25) is 0 Å². The maximum absolute atomic E-state index is 14.3. The number of hydrogen-bond acceptors (Lipinski definition) is 7. The number of halogens is 3. The van der Waals surface area contributed by atoms with E-state index >= 15 is 0 Å². The molecular formula is C43H46BF3N6O5S. The van der Waals surface area contributed by atoms with Crippen LogP contribution in [0, 0.1) is 0 Å². The Morgan fingerprint density at radius 2 is 1.32 bits per heavy atom. The lowest BCUT2D eigenvalue weighted by molar-refractivity contribution is -0.188. The fourth-order valence-electron chi connectivity index (χ4n) is 8.65. The Balaban J connectivity index is 0.983. The molecule has 0 radical (unpaired) electrons. The Morgan fingerprint density at radius 3 is 1.90 bits per heavy atom. The minimum absolute atomic E-state index is 0.119. The molecule has 3 aliphatic rings. The molecule has 0 spiro atoms. The molecule has 1 aromatic heterocycles. The SMILES string of the molecule is NCc1cccc(C2CCN(C(=O)c3cccc(S(=O)(=O)N4C[C@H](C(F)(F)F)OB4c4ccc5cc(C(=O)N6CCC(c7cccc(CN)c7)CC6)[nH]c5c4)c3)CC2)c1. The number of benzene rings is 4. The minimum Gasteiger partial charge on any atom is -0.404 e. The van der Waals surface area contributed by atoms with Gasteiger partial charge in [0.05, 0.1) is 4.90 Å². The van der Waals surface area contributed by atoms with Crippen molar-refractivity contribution in [2.75, 3.05) is 32.7 Å². The van der Waals surface area contributed by atoms with Crippen molar-refractivity contribution in [3.63, 3.8) is 0 Å². The molecule has 0 saturated carbocycles. The highest BCUT2D eigenvalue weighted by Crippen LogP contribution is 2.34. The molecule has 59 heavy (non-hydrogen) atoms. The molecular weight excluding hydrogens is 780 g/mol. The maximum Gasteiger partial charge on any atom is 0.433 e. The molecule has 5 N–H and O–H groups in total. The Labute approximate surface area is 341 Å². The highest BCUT2D eigenvalue weighted by Gasteiger charge is 2.55. The molecule has 0 bridgehead atoms. The molecule has 3 fully saturated rings. The zero-order valence-electron chi connectivity index (χ0n) is 32.4. The lowest BCUT2D eigenvalue weighted by atomic mass is 9.74. The van der Waals surface area contributed by atoms with Crippen LogP contribution in [-0.4, -0.2) is 91.3 Å². The first-order valence-corrected chi connectivity index (χ1v) is 21.4. The number of aromatic nitrogens is 1. The van der Waals surface area contributed by atoms with Gasteiger partial charge in [0.2, 0.25) is 10.0 Å². The summed E-state index contributed by atoms with van der Waals surface area (Å²) in [6.07, 6.45) is -4.24. The third kappa shape index (κ3) is 8.42. The number of likely N-dealkylation sites (tertiary alicyclic amines) is 2. The molecule has 4 aromatic carbocycles. The van der Waals surface area contributed by atoms with E-state index in [0.29, 0.717) is 78.8 Å². The van der Waals surface area contributed by atoms with Crippen molar-refractivity contribution >= 4 is 45.3 Å². The number of carbonyl (C=O) groups excluding carboxylic acids is 2. The second-order valence-electron chi connectivity index (χ2n) is 15.7. The number of nitrogens with zero attached hydrogens (tertiary/aromatic N) is 3. The standard InChI is InChI=1S/C43H46BF3N6O5S/c45-43(46,47)40-27-53(59(56,57)37-9-3-8-35(22-37)41(54)51-16-12-30(13-17-51)32-6-1-4-28(20-32)25-48)44(58-40)36-11-10-34-23-39(50-38(34)24-36)42(55)52-18-14-31(15-19-52)33-7-2-5-29(21-33)26-49/h1-11,20-24,30-31,40,50H,12-19,25-27,48-49H2/t40-/m1/s1. The number of rotatable bonds is 9. The summed E-state index contributed by atoms with van der Waals surface area (Å²) in [4.78, 5) is 33.5. The molecule has 0 aliphatic carbocycles. The van der Waals surface area contributed by atoms with Gasteiger partial charge in [0.1, 0.15) is 5.69 Å². The van der Waals surface area contributed by atoms with Gasteiger partial charge in [0, 0.05) is 62.3 Å². The van der Waals surface area contributed by atoms with Gasteiger partial charge in [-0.3, -0.25) is 9.59 Å². The average Bonchev–Trinajstić information content (AvgIpc) is 3.92. The van der Waals surface area contributed by atoms with E-state index < -0.39 is 35.9 Å². The summed E-state index contributed by atoms with van der Waals surface area (Å²) in [6.45, 7) is 1.93. The quantitative estimate of drug-likeness (QED) is 0.167. The first kappa shape index (κ1) is 40.8. The number of alkyl halides is 3. The van der Waals surface area contributed by atoms with Gasteiger partial charge >= 0.3 is 13.2 Å². The molecule has 11 nitrogen and oxygen atoms in total. The van der Waals surface area contributed by atoms with Crippen LogP contribution in [0.15, 0.2) is 102 Å². The van der Waals surface area contributed by atoms with Crippen molar-refractivity contribution < 1.29 is 35.8 Å². The van der Waals surface area contributed by atoms with Crippen molar-refractivity contribution in [1.29, 1.82) is 0 Å². The molecule has 2 amide bonds. The third-order valence-corrected chi connectivity index (χ3v) is 13.8. The predicted molar refractivity (Wildman–Crippen MR) is 219 cm³/mol. The van der Waals surface area contributed by atoms with Gasteiger partial charge in [-0.1, -0.05) is 66.7 Å². The molecule has 308 valence electrons. The number of sulfonamides is 1. The van der Waals surface area contributed by atoms with Crippen LogP contribution >= 0.6 is 0 Å². The van der Waals surface area contributed by atoms with Crippen LogP contribution in [0.5, 0.6) is 0 Å². The van der Waals surface area contributed by atoms with Gasteiger partial charge < -0.3 is 30.9 Å². The van der Waals surface area contributed by atoms with E-state index in [1.165, 1.54) is 42.0 Å². The average molecular weight is 827 g/mol. The van der Waals surface area contributed by atoms with Gasteiger partial charge in [-0.2, -0.15) is 13.2 Å². The Kier molecular flexibility index (Phi) is 11.5. The van der Waals surface area contributed by atoms with Crippen LogP contribution in [0.3, 0.4) is 0 Å². The highest BCUT2D eigenvalue weighted by atomic mass is 32.2. The van der Waals surface area contributed by atoms with Gasteiger partial charge in [-0.25, -0.2) is 12.6 Å². The molecule has 8 rings (SSSR count). The topological polar surface area (TPSA) is 155 Å². The minimum atomic E-state index is -4.85. The van der Waals surface area contributed by atoms with Crippen LogP contribution in [0.4, 0.5) is 13.2 Å². The second-order valence-corrected chi connectivity index (χ2v) is 17.6. The summed E-state index contributed by atoms with van der Waals surface area (Å²) in [7, 11) is -6.25. The number of nitrogens with one attached hydrogen (secondary N) is 1. The van der Waals surface area contributed by atoms with E-state index in [-0.39, 0.29) is 33.7 Å². The maximum atomic E-state index is 14.3. The van der Waals surface area contributed by atoms with Crippen LogP contribution < -0.4 is 16.9 Å². The van der Waals surface area contributed by atoms with E-state index in [9.17, 15) is 31.2 Å². The summed E-state index contributed by atoms with van der Waals surface area (Å²) in [5.41, 5.74) is 17.1. The van der Waals surface area contributed by atoms with E-state index in [0.717, 1.165) is 29.5 Å². The summed E-state index contributed by atoms with van der Waals surface area (Å²) < 4.78 is 77.2. The van der Waals surface area contributed by atoms with Gasteiger partial charge in [-0.15, -0.1) is 0 Å². The molecule has 1 atom stereocenters. The largest absolute Gasteiger partial charge is 0.433 e. The van der Waals surface area contributed by atoms with Crippen LogP contribution in [-0.2, 0) is 27.8 Å². The van der Waals surface area contributed by atoms with Gasteiger partial charge in [-0.05, 0) is 95.6 Å². The van der Waals surface area contributed by atoms with E-state index in [2.05, 4.69) is 29.2 Å². The molecule has 16 heteroatoms. The summed E-state index contributed by atoms with van der Waals surface area (Å²) in [5.74, 6) is -0.00879. The fourth-order valence-corrected chi connectivity index (χ4v) is 10.2. The molecule has 5 aromatic rings. The summed E-state index contributed by atoms with van der Waals surface area (Å²) >= 11 is 0. The first-order valence-electron chi connectivity index (χ1n) is 20.0. The van der Waals surface area contributed by atoms with Crippen molar-refractivity contribution in [2.24, 2.45) is 11.5 Å². The number of carbonyl (C=O) groups is 2.